The summed E-state index contributed by atoms with van der Waals surface area (Å²) in [5.74, 6) is -0.0295. The zero-order valence-corrected chi connectivity index (χ0v) is 18.3. The van der Waals surface area contributed by atoms with Gasteiger partial charge in [-0.2, -0.15) is 0 Å². The maximum absolute atomic E-state index is 13.2. The predicted octanol–water partition coefficient (Wildman–Crippen LogP) is 4.97. The highest BCUT2D eigenvalue weighted by Crippen LogP contribution is 2.28. The van der Waals surface area contributed by atoms with Crippen LogP contribution in [0.4, 0.5) is 4.39 Å². The minimum atomic E-state index is -0.407. The number of halogens is 2. The van der Waals surface area contributed by atoms with E-state index in [1.54, 1.807) is 30.5 Å². The van der Waals surface area contributed by atoms with Crippen LogP contribution in [-0.2, 0) is 11.3 Å². The minimum absolute atomic E-state index is 0.000966. The number of carbonyl (C=O) groups excluding carboxylic acids is 1. The number of ether oxygens (including phenoxy) is 1. The van der Waals surface area contributed by atoms with Crippen LogP contribution in [0.5, 0.6) is 5.75 Å². The molecule has 3 heterocycles. The number of hydrogen-bond donors (Lipinski definition) is 1. The fraction of sp³-hybridized carbons (Fsp3) is 0.182. The molecule has 1 N–H and O–H groups in total. The second-order valence-corrected chi connectivity index (χ2v) is 8.44. The molecule has 0 aliphatic carbocycles. The van der Waals surface area contributed by atoms with Crippen molar-refractivity contribution in [3.63, 3.8) is 0 Å². The summed E-state index contributed by atoms with van der Waals surface area (Å²) in [6, 6.07) is 9.54. The van der Waals surface area contributed by atoms with Gasteiger partial charge >= 0.3 is 0 Å². The Labute approximate surface area is 187 Å². The molecule has 0 spiro atoms. The number of carbonyl (C=O) groups is 1. The number of rotatable bonds is 5. The van der Waals surface area contributed by atoms with E-state index in [0.29, 0.717) is 43.1 Å². The largest absolute Gasteiger partial charge is 0.489 e. The number of amidine groups is 1. The van der Waals surface area contributed by atoms with E-state index in [-0.39, 0.29) is 18.6 Å². The Hall–Kier alpha value is -2.97. The van der Waals surface area contributed by atoms with Gasteiger partial charge in [0.05, 0.1) is 28.8 Å². The molecule has 1 amide bonds. The molecule has 2 aromatic heterocycles. The lowest BCUT2D eigenvalue weighted by Gasteiger charge is -2.11. The number of fused-ring (bicyclic) bond motifs is 1. The van der Waals surface area contributed by atoms with E-state index in [1.165, 1.54) is 23.9 Å². The van der Waals surface area contributed by atoms with Crippen molar-refractivity contribution in [2.45, 2.75) is 26.5 Å². The van der Waals surface area contributed by atoms with Crippen LogP contribution in [-0.4, -0.2) is 27.1 Å². The summed E-state index contributed by atoms with van der Waals surface area (Å²) < 4.78 is 19.0. The number of nitrogens with zero attached hydrogens (tertiary/aromatic N) is 3. The number of aromatic nitrogens is 2. The zero-order chi connectivity index (χ0) is 22.0. The van der Waals surface area contributed by atoms with Crippen LogP contribution in [0.15, 0.2) is 52.5 Å². The molecule has 158 valence electrons. The molecule has 0 atom stereocenters. The van der Waals surface area contributed by atoms with E-state index in [0.717, 1.165) is 0 Å². The fourth-order valence-corrected chi connectivity index (χ4v) is 3.92. The van der Waals surface area contributed by atoms with E-state index < -0.39 is 5.82 Å². The summed E-state index contributed by atoms with van der Waals surface area (Å²) in [6.45, 7) is 4.11. The summed E-state index contributed by atoms with van der Waals surface area (Å²) in [7, 11) is 0. The van der Waals surface area contributed by atoms with Gasteiger partial charge in [0, 0.05) is 17.3 Å². The SMILES string of the molecule is CC(C)Oc1ccnc2ccc(/C=C3\SC(=NCc4ccc(F)cc4Cl)NC3=O)nc12. The Balaban J connectivity index is 1.56. The quantitative estimate of drug-likeness (QED) is 0.548. The third-order valence-electron chi connectivity index (χ3n) is 4.27. The molecule has 1 aliphatic rings. The maximum Gasteiger partial charge on any atom is 0.264 e. The maximum atomic E-state index is 13.2. The van der Waals surface area contributed by atoms with Gasteiger partial charge in [0.2, 0.25) is 0 Å². The number of hydrogen-bond acceptors (Lipinski definition) is 6. The minimum Gasteiger partial charge on any atom is -0.489 e. The molecule has 9 heteroatoms. The Kier molecular flexibility index (Phi) is 6.20. The first-order chi connectivity index (χ1) is 14.9. The molecule has 0 saturated carbocycles. The molecule has 0 unspecified atom stereocenters. The van der Waals surface area contributed by atoms with Crippen molar-refractivity contribution in [2.75, 3.05) is 0 Å². The Bertz CT molecular complexity index is 1230. The highest BCUT2D eigenvalue weighted by atomic mass is 35.5. The first-order valence-corrected chi connectivity index (χ1v) is 10.7. The van der Waals surface area contributed by atoms with Crippen LogP contribution in [0.2, 0.25) is 5.02 Å². The van der Waals surface area contributed by atoms with Gasteiger partial charge < -0.3 is 10.1 Å². The summed E-state index contributed by atoms with van der Waals surface area (Å²) in [4.78, 5) is 26.1. The average Bonchev–Trinajstić information content (AvgIpc) is 3.06. The second-order valence-electron chi connectivity index (χ2n) is 7.00. The molecule has 0 bridgehead atoms. The highest BCUT2D eigenvalue weighted by molar-refractivity contribution is 8.18. The van der Waals surface area contributed by atoms with Gasteiger partial charge in [0.1, 0.15) is 17.1 Å². The van der Waals surface area contributed by atoms with E-state index in [9.17, 15) is 9.18 Å². The van der Waals surface area contributed by atoms with Gasteiger partial charge in [0.25, 0.3) is 5.91 Å². The summed E-state index contributed by atoms with van der Waals surface area (Å²) in [5.41, 5.74) is 2.62. The van der Waals surface area contributed by atoms with Crippen molar-refractivity contribution in [1.82, 2.24) is 15.3 Å². The molecule has 4 rings (SSSR count). The number of pyridine rings is 2. The zero-order valence-electron chi connectivity index (χ0n) is 16.7. The topological polar surface area (TPSA) is 76.5 Å². The van der Waals surface area contributed by atoms with Gasteiger partial charge in [-0.1, -0.05) is 17.7 Å². The number of amides is 1. The Morgan fingerprint density at radius 1 is 1.29 bits per heavy atom. The van der Waals surface area contributed by atoms with E-state index in [4.69, 9.17) is 16.3 Å². The number of aliphatic imine (C=N–C) groups is 1. The molecule has 1 aliphatic heterocycles. The van der Waals surface area contributed by atoms with E-state index in [2.05, 4.69) is 20.3 Å². The first-order valence-electron chi connectivity index (χ1n) is 9.51. The van der Waals surface area contributed by atoms with Crippen molar-refractivity contribution in [3.05, 3.63) is 69.6 Å². The fourth-order valence-electron chi connectivity index (χ4n) is 2.89. The molecule has 31 heavy (non-hydrogen) atoms. The summed E-state index contributed by atoms with van der Waals surface area (Å²) in [6.07, 6.45) is 3.37. The molecule has 6 nitrogen and oxygen atoms in total. The second kappa shape index (κ2) is 9.03. The number of benzene rings is 1. The third kappa shape index (κ3) is 5.03. The molecular weight excluding hydrogens is 439 g/mol. The van der Waals surface area contributed by atoms with Crippen molar-refractivity contribution >= 4 is 51.5 Å². The lowest BCUT2D eigenvalue weighted by atomic mass is 10.2. The predicted molar refractivity (Wildman–Crippen MR) is 122 cm³/mol. The van der Waals surface area contributed by atoms with Gasteiger partial charge in [-0.25, -0.2) is 9.37 Å². The number of thioether (sulfide) groups is 1. The first kappa shape index (κ1) is 21.3. The van der Waals surface area contributed by atoms with Crippen molar-refractivity contribution in [3.8, 4) is 5.75 Å². The third-order valence-corrected chi connectivity index (χ3v) is 5.57. The summed E-state index contributed by atoms with van der Waals surface area (Å²) in [5, 5.41) is 3.47. The monoisotopic (exact) mass is 456 g/mol. The van der Waals surface area contributed by atoms with Crippen molar-refractivity contribution in [1.29, 1.82) is 0 Å². The van der Waals surface area contributed by atoms with Crippen LogP contribution >= 0.6 is 23.4 Å². The van der Waals surface area contributed by atoms with Crippen LogP contribution in [0, 0.1) is 5.82 Å². The molecule has 0 radical (unpaired) electrons. The van der Waals surface area contributed by atoms with Gasteiger partial charge in [-0.05, 0) is 61.5 Å². The number of nitrogens with one attached hydrogen (secondary N) is 1. The average molecular weight is 457 g/mol. The Morgan fingerprint density at radius 3 is 2.90 bits per heavy atom. The lowest BCUT2D eigenvalue weighted by Crippen LogP contribution is -2.19. The van der Waals surface area contributed by atoms with Gasteiger partial charge in [-0.3, -0.25) is 14.8 Å². The van der Waals surface area contributed by atoms with Crippen LogP contribution < -0.4 is 10.1 Å². The molecule has 1 saturated heterocycles. The van der Waals surface area contributed by atoms with Gasteiger partial charge in [0.15, 0.2) is 5.17 Å². The smallest absolute Gasteiger partial charge is 0.264 e. The van der Waals surface area contributed by atoms with Crippen LogP contribution in [0.3, 0.4) is 0 Å². The molecule has 1 fully saturated rings. The van der Waals surface area contributed by atoms with Gasteiger partial charge in [-0.15, -0.1) is 0 Å². The van der Waals surface area contributed by atoms with Crippen molar-refractivity contribution < 1.29 is 13.9 Å². The Morgan fingerprint density at radius 2 is 2.13 bits per heavy atom. The lowest BCUT2D eigenvalue weighted by molar-refractivity contribution is -0.115. The molecule has 1 aromatic carbocycles. The summed E-state index contributed by atoms with van der Waals surface area (Å²) >= 11 is 7.24. The van der Waals surface area contributed by atoms with Crippen LogP contribution in [0.25, 0.3) is 17.1 Å². The van der Waals surface area contributed by atoms with E-state index in [1.807, 2.05) is 19.9 Å². The van der Waals surface area contributed by atoms with Crippen LogP contribution in [0.1, 0.15) is 25.1 Å². The van der Waals surface area contributed by atoms with Crippen molar-refractivity contribution in [2.24, 2.45) is 4.99 Å². The molecule has 3 aromatic rings. The standard InChI is InChI=1S/C22H18ClFN4O2S/c1-12(2)30-18-7-8-25-17-6-5-15(27-20(17)18)10-19-21(29)28-22(31-19)26-11-13-3-4-14(24)9-16(13)23/h3-10,12H,11H2,1-2H3,(H,26,28,29)/b19-10-. The highest BCUT2D eigenvalue weighted by Gasteiger charge is 2.24. The molecular formula is C22H18ClFN4O2S. The normalized spacial score (nSPS) is 16.5. The van der Waals surface area contributed by atoms with E-state index >= 15 is 0 Å².